The van der Waals surface area contributed by atoms with E-state index in [0.29, 0.717) is 17.8 Å². The van der Waals surface area contributed by atoms with Crippen molar-refractivity contribution in [3.63, 3.8) is 0 Å². The molecule has 0 aromatic carbocycles. The minimum Gasteiger partial charge on any atom is -0.385 e. The van der Waals surface area contributed by atoms with E-state index in [-0.39, 0.29) is 11.3 Å². The van der Waals surface area contributed by atoms with Crippen LogP contribution < -0.4 is 16.6 Å². The average Bonchev–Trinajstić information content (AvgIpc) is 3.23. The first-order valence-corrected chi connectivity index (χ1v) is 6.38. The van der Waals surface area contributed by atoms with Crippen LogP contribution in [-0.2, 0) is 4.74 Å². The molecule has 6 nitrogen and oxygen atoms in total. The van der Waals surface area contributed by atoms with Crippen LogP contribution in [0.15, 0.2) is 18.5 Å². The van der Waals surface area contributed by atoms with Gasteiger partial charge in [0.1, 0.15) is 0 Å². The molecule has 0 unspecified atom stereocenters. The van der Waals surface area contributed by atoms with Gasteiger partial charge in [0.2, 0.25) is 0 Å². The Bertz CT molecular complexity index is 446. The molecular formula is C13H20N4O2. The predicted octanol–water partition coefficient (Wildman–Crippen LogP) is 0.914. The van der Waals surface area contributed by atoms with Crippen molar-refractivity contribution in [3.8, 4) is 0 Å². The van der Waals surface area contributed by atoms with E-state index >= 15 is 0 Å². The van der Waals surface area contributed by atoms with Crippen LogP contribution in [0.4, 0.5) is 5.69 Å². The fraction of sp³-hybridized carbons (Fsp3) is 0.538. The zero-order valence-corrected chi connectivity index (χ0v) is 11.1. The van der Waals surface area contributed by atoms with Crippen LogP contribution in [0, 0.1) is 5.41 Å². The van der Waals surface area contributed by atoms with Gasteiger partial charge < -0.3 is 15.5 Å². The quantitative estimate of drug-likeness (QED) is 0.503. The largest absolute Gasteiger partial charge is 0.385 e. The highest BCUT2D eigenvalue weighted by Crippen LogP contribution is 2.48. The molecule has 0 radical (unpaired) electrons. The minimum atomic E-state index is -0.148. The minimum absolute atomic E-state index is 0.148. The van der Waals surface area contributed by atoms with Crippen molar-refractivity contribution in [1.29, 1.82) is 0 Å². The molecule has 4 N–H and O–H groups in total. The Morgan fingerprint density at radius 3 is 3.00 bits per heavy atom. The lowest BCUT2D eigenvalue weighted by Gasteiger charge is -2.16. The van der Waals surface area contributed by atoms with Crippen LogP contribution in [0.3, 0.4) is 0 Å². The molecule has 0 atom stereocenters. The van der Waals surface area contributed by atoms with Gasteiger partial charge in [0.05, 0.1) is 11.3 Å². The Morgan fingerprint density at radius 1 is 1.58 bits per heavy atom. The fourth-order valence-corrected chi connectivity index (χ4v) is 2.07. The molecule has 2 rings (SSSR count). The van der Waals surface area contributed by atoms with Gasteiger partial charge in [-0.05, 0) is 30.7 Å². The van der Waals surface area contributed by atoms with Gasteiger partial charge in [-0.25, -0.2) is 0 Å². The topological polar surface area (TPSA) is 89.3 Å². The van der Waals surface area contributed by atoms with Crippen molar-refractivity contribution in [2.75, 3.05) is 25.7 Å². The Kier molecular flexibility index (Phi) is 4.34. The van der Waals surface area contributed by atoms with Crippen LogP contribution in [-0.4, -0.2) is 31.2 Å². The molecule has 1 saturated carbocycles. The lowest BCUT2D eigenvalue weighted by Crippen LogP contribution is -2.31. The molecule has 1 aromatic rings. The highest BCUT2D eigenvalue weighted by molar-refractivity contribution is 5.99. The molecule has 1 aliphatic carbocycles. The fourth-order valence-electron chi connectivity index (χ4n) is 2.07. The number of amides is 1. The molecule has 1 aliphatic rings. The number of nitrogens with two attached hydrogens (primary N) is 1. The Balaban J connectivity index is 1.91. The first kappa shape index (κ1) is 13.8. The SMILES string of the molecule is COCCC1(CNC(=O)c2cnccc2NN)CC1. The number of carbonyl (C=O) groups is 1. The van der Waals surface area contributed by atoms with E-state index in [4.69, 9.17) is 10.6 Å². The second-order valence-corrected chi connectivity index (χ2v) is 4.99. The molecule has 1 heterocycles. The van der Waals surface area contributed by atoms with Crippen molar-refractivity contribution >= 4 is 11.6 Å². The van der Waals surface area contributed by atoms with Crippen LogP contribution in [0.25, 0.3) is 0 Å². The van der Waals surface area contributed by atoms with Crippen molar-refractivity contribution in [3.05, 3.63) is 24.0 Å². The van der Waals surface area contributed by atoms with E-state index in [1.54, 1.807) is 19.4 Å². The second-order valence-electron chi connectivity index (χ2n) is 4.99. The first-order valence-electron chi connectivity index (χ1n) is 6.38. The zero-order chi connectivity index (χ0) is 13.7. The smallest absolute Gasteiger partial charge is 0.255 e. The molecule has 0 bridgehead atoms. The number of methoxy groups -OCH3 is 1. The van der Waals surface area contributed by atoms with Crippen LogP contribution in [0.5, 0.6) is 0 Å². The van der Waals surface area contributed by atoms with Gasteiger partial charge in [-0.2, -0.15) is 0 Å². The number of ether oxygens (including phenoxy) is 1. The Labute approximate surface area is 112 Å². The summed E-state index contributed by atoms with van der Waals surface area (Å²) in [6.07, 6.45) is 6.38. The van der Waals surface area contributed by atoms with Crippen molar-refractivity contribution in [1.82, 2.24) is 10.3 Å². The van der Waals surface area contributed by atoms with E-state index in [1.165, 1.54) is 6.20 Å². The van der Waals surface area contributed by atoms with Crippen LogP contribution >= 0.6 is 0 Å². The number of nitrogen functional groups attached to an aromatic ring is 1. The van der Waals surface area contributed by atoms with E-state index in [0.717, 1.165) is 25.9 Å². The van der Waals surface area contributed by atoms with Gasteiger partial charge in [0, 0.05) is 32.7 Å². The van der Waals surface area contributed by atoms with Gasteiger partial charge in [-0.3, -0.25) is 15.6 Å². The Hall–Kier alpha value is -1.66. The summed E-state index contributed by atoms with van der Waals surface area (Å²) in [5, 5.41) is 2.96. The van der Waals surface area contributed by atoms with Gasteiger partial charge in [0.25, 0.3) is 5.91 Å². The third-order valence-electron chi connectivity index (χ3n) is 3.64. The number of rotatable bonds is 7. The molecule has 6 heteroatoms. The van der Waals surface area contributed by atoms with Crippen molar-refractivity contribution < 1.29 is 9.53 Å². The monoisotopic (exact) mass is 264 g/mol. The van der Waals surface area contributed by atoms with E-state index in [2.05, 4.69) is 15.7 Å². The third kappa shape index (κ3) is 3.42. The molecular weight excluding hydrogens is 244 g/mol. The molecule has 104 valence electrons. The summed E-state index contributed by atoms with van der Waals surface area (Å²) in [6, 6.07) is 1.67. The van der Waals surface area contributed by atoms with Gasteiger partial charge >= 0.3 is 0 Å². The van der Waals surface area contributed by atoms with Gasteiger partial charge in [-0.1, -0.05) is 0 Å². The molecule has 0 aliphatic heterocycles. The number of nitrogens with one attached hydrogen (secondary N) is 2. The maximum absolute atomic E-state index is 12.1. The highest BCUT2D eigenvalue weighted by Gasteiger charge is 2.42. The standard InChI is InChI=1S/C13H20N4O2/c1-19-7-5-13(3-4-13)9-16-12(18)10-8-15-6-2-11(10)17-14/h2,6,8H,3-5,7,9,14H2,1H3,(H,15,17)(H,16,18). The molecule has 19 heavy (non-hydrogen) atoms. The first-order chi connectivity index (χ1) is 9.21. The summed E-state index contributed by atoms with van der Waals surface area (Å²) in [5.74, 6) is 5.23. The zero-order valence-electron chi connectivity index (χ0n) is 11.1. The second kappa shape index (κ2) is 5.99. The number of hydrogen-bond donors (Lipinski definition) is 3. The predicted molar refractivity (Wildman–Crippen MR) is 72.5 cm³/mol. The maximum atomic E-state index is 12.1. The lowest BCUT2D eigenvalue weighted by molar-refractivity contribution is 0.0938. The number of carbonyl (C=O) groups excluding carboxylic acids is 1. The van der Waals surface area contributed by atoms with Gasteiger partial charge in [-0.15, -0.1) is 0 Å². The normalized spacial score (nSPS) is 15.9. The number of anilines is 1. The van der Waals surface area contributed by atoms with Crippen LogP contribution in [0.2, 0.25) is 0 Å². The number of aromatic nitrogens is 1. The summed E-state index contributed by atoms with van der Waals surface area (Å²) in [6.45, 7) is 1.41. The molecule has 1 amide bonds. The Morgan fingerprint density at radius 2 is 2.37 bits per heavy atom. The van der Waals surface area contributed by atoms with E-state index < -0.39 is 0 Å². The number of pyridine rings is 1. The maximum Gasteiger partial charge on any atom is 0.255 e. The molecule has 0 saturated heterocycles. The lowest BCUT2D eigenvalue weighted by atomic mass is 10.0. The van der Waals surface area contributed by atoms with E-state index in [1.807, 2.05) is 0 Å². The summed E-state index contributed by atoms with van der Waals surface area (Å²) in [7, 11) is 1.70. The number of nitrogens with zero attached hydrogens (tertiary/aromatic N) is 1. The summed E-state index contributed by atoms with van der Waals surface area (Å²) < 4.78 is 5.10. The highest BCUT2D eigenvalue weighted by atomic mass is 16.5. The van der Waals surface area contributed by atoms with Crippen molar-refractivity contribution in [2.45, 2.75) is 19.3 Å². The third-order valence-corrected chi connectivity index (χ3v) is 3.64. The summed E-state index contributed by atoms with van der Waals surface area (Å²) >= 11 is 0. The van der Waals surface area contributed by atoms with Crippen LogP contribution in [0.1, 0.15) is 29.6 Å². The molecule has 0 spiro atoms. The van der Waals surface area contributed by atoms with Gasteiger partial charge in [0.15, 0.2) is 0 Å². The number of hydrogen-bond acceptors (Lipinski definition) is 5. The average molecular weight is 264 g/mol. The van der Waals surface area contributed by atoms with E-state index in [9.17, 15) is 4.79 Å². The molecule has 1 fully saturated rings. The summed E-state index contributed by atoms with van der Waals surface area (Å²) in [5.41, 5.74) is 3.77. The molecule has 1 aromatic heterocycles. The number of hydrazine groups is 1. The summed E-state index contributed by atoms with van der Waals surface area (Å²) in [4.78, 5) is 16.0. The van der Waals surface area contributed by atoms with Crippen molar-refractivity contribution in [2.24, 2.45) is 11.3 Å².